The Hall–Kier alpha value is -1.59. The molecular weight excluding hydrogens is 278 g/mol. The number of rotatable bonds is 5. The molecule has 20 heavy (non-hydrogen) atoms. The largest absolute Gasteiger partial charge is 0.355 e. The molecule has 6 heteroatoms. The summed E-state index contributed by atoms with van der Waals surface area (Å²) in [5.41, 5.74) is 7.13. The number of benzene rings is 1. The second-order valence-corrected chi connectivity index (χ2v) is 4.65. The van der Waals surface area contributed by atoms with Gasteiger partial charge in [0.2, 0.25) is 5.91 Å². The highest BCUT2D eigenvalue weighted by Crippen LogP contribution is 2.06. The molecule has 112 valence electrons. The van der Waals surface area contributed by atoms with Crippen LogP contribution in [-0.2, 0) is 11.3 Å². The molecule has 2 unspecified atom stereocenters. The molecule has 4 N–H and O–H groups in total. The van der Waals surface area contributed by atoms with Gasteiger partial charge < -0.3 is 16.4 Å². The molecule has 0 aliphatic heterocycles. The van der Waals surface area contributed by atoms with Gasteiger partial charge in [0.15, 0.2) is 0 Å². The third kappa shape index (κ3) is 5.19. The summed E-state index contributed by atoms with van der Waals surface area (Å²) in [6.45, 7) is 3.98. The lowest BCUT2D eigenvalue weighted by Crippen LogP contribution is -2.38. The third-order valence-corrected chi connectivity index (χ3v) is 3.09. The van der Waals surface area contributed by atoms with E-state index in [1.165, 1.54) is 0 Å². The average Bonchev–Trinajstić information content (AvgIpc) is 2.43. The third-order valence-electron chi connectivity index (χ3n) is 3.09. The Morgan fingerprint density at radius 1 is 1.30 bits per heavy atom. The lowest BCUT2D eigenvalue weighted by molar-refractivity contribution is -0.125. The van der Waals surface area contributed by atoms with Crippen LogP contribution in [0.15, 0.2) is 24.3 Å². The van der Waals surface area contributed by atoms with Crippen molar-refractivity contribution >= 4 is 24.2 Å². The number of carbonyl (C=O) groups is 2. The van der Waals surface area contributed by atoms with Gasteiger partial charge in [0.05, 0.1) is 0 Å². The number of amides is 2. The number of hydrogen-bond donors (Lipinski definition) is 3. The monoisotopic (exact) mass is 299 g/mol. The second-order valence-electron chi connectivity index (χ2n) is 4.65. The zero-order valence-electron chi connectivity index (χ0n) is 12.0. The summed E-state index contributed by atoms with van der Waals surface area (Å²) in [6.07, 6.45) is 0. The molecule has 1 aromatic carbocycles. The van der Waals surface area contributed by atoms with Gasteiger partial charge in [0.1, 0.15) is 0 Å². The predicted octanol–water partition coefficient (Wildman–Crippen LogP) is 1.07. The molecule has 0 aliphatic rings. The summed E-state index contributed by atoms with van der Waals surface area (Å²) in [5, 5.41) is 5.38. The Kier molecular flexibility index (Phi) is 7.87. The van der Waals surface area contributed by atoms with Crippen molar-refractivity contribution in [1.29, 1.82) is 0 Å². The molecule has 0 bridgehead atoms. The van der Waals surface area contributed by atoms with E-state index in [9.17, 15) is 9.59 Å². The first-order valence-corrected chi connectivity index (χ1v) is 6.30. The van der Waals surface area contributed by atoms with Crippen molar-refractivity contribution in [2.75, 3.05) is 7.05 Å². The lowest BCUT2D eigenvalue weighted by Gasteiger charge is -2.15. The molecular formula is C14H22ClN3O2. The predicted molar refractivity (Wildman–Crippen MR) is 81.7 cm³/mol. The fraction of sp³-hybridized carbons (Fsp3) is 0.429. The van der Waals surface area contributed by atoms with Crippen molar-refractivity contribution in [2.24, 2.45) is 11.7 Å². The van der Waals surface area contributed by atoms with Crippen LogP contribution in [0.1, 0.15) is 29.8 Å². The average molecular weight is 300 g/mol. The number of halogens is 1. The molecule has 0 saturated heterocycles. The first-order chi connectivity index (χ1) is 8.95. The Balaban J connectivity index is 0.00000361. The molecule has 0 saturated carbocycles. The van der Waals surface area contributed by atoms with E-state index >= 15 is 0 Å². The maximum atomic E-state index is 11.8. The van der Waals surface area contributed by atoms with Crippen LogP contribution in [0.25, 0.3) is 0 Å². The van der Waals surface area contributed by atoms with Crippen LogP contribution in [0.4, 0.5) is 0 Å². The van der Waals surface area contributed by atoms with Crippen LogP contribution in [0.5, 0.6) is 0 Å². The standard InChI is InChI=1S/C14H21N3O2.ClH/c1-9(10(2)15)13(18)17-8-11-5-4-6-12(7-11)14(19)16-3;/h4-7,9-10H,8,15H2,1-3H3,(H,16,19)(H,17,18);1H. The molecule has 0 aromatic heterocycles. The first kappa shape index (κ1) is 18.4. The van der Waals surface area contributed by atoms with Gasteiger partial charge in [0.25, 0.3) is 5.91 Å². The van der Waals surface area contributed by atoms with E-state index < -0.39 is 0 Å². The minimum absolute atomic E-state index is 0. The lowest BCUT2D eigenvalue weighted by atomic mass is 10.0. The summed E-state index contributed by atoms with van der Waals surface area (Å²) in [5.74, 6) is -0.459. The van der Waals surface area contributed by atoms with Crippen molar-refractivity contribution in [1.82, 2.24) is 10.6 Å². The molecule has 0 heterocycles. The zero-order valence-corrected chi connectivity index (χ0v) is 12.8. The quantitative estimate of drug-likeness (QED) is 0.760. The smallest absolute Gasteiger partial charge is 0.251 e. The maximum absolute atomic E-state index is 11.8. The molecule has 1 rings (SSSR count). The highest BCUT2D eigenvalue weighted by molar-refractivity contribution is 5.94. The van der Waals surface area contributed by atoms with Crippen molar-refractivity contribution in [3.63, 3.8) is 0 Å². The molecule has 5 nitrogen and oxygen atoms in total. The summed E-state index contributed by atoms with van der Waals surface area (Å²) in [4.78, 5) is 23.2. The number of nitrogens with two attached hydrogens (primary N) is 1. The van der Waals surface area contributed by atoms with Gasteiger partial charge in [-0.25, -0.2) is 0 Å². The van der Waals surface area contributed by atoms with Crippen molar-refractivity contribution in [2.45, 2.75) is 26.4 Å². The van der Waals surface area contributed by atoms with Gasteiger partial charge in [-0.05, 0) is 24.6 Å². The van der Waals surface area contributed by atoms with E-state index in [1.54, 1.807) is 39.1 Å². The molecule has 1 aromatic rings. The molecule has 2 amide bonds. The Bertz CT molecular complexity index is 463. The van der Waals surface area contributed by atoms with Crippen LogP contribution in [0.2, 0.25) is 0 Å². The molecule has 2 atom stereocenters. The van der Waals surface area contributed by atoms with E-state index in [0.717, 1.165) is 5.56 Å². The van der Waals surface area contributed by atoms with Crippen molar-refractivity contribution in [3.8, 4) is 0 Å². The SMILES string of the molecule is CNC(=O)c1cccc(CNC(=O)C(C)C(C)N)c1.Cl. The van der Waals surface area contributed by atoms with Crippen LogP contribution in [0, 0.1) is 5.92 Å². The maximum Gasteiger partial charge on any atom is 0.251 e. The molecule has 0 spiro atoms. The number of carbonyl (C=O) groups excluding carboxylic acids is 2. The van der Waals surface area contributed by atoms with Gasteiger partial charge in [-0.3, -0.25) is 9.59 Å². The van der Waals surface area contributed by atoms with E-state index in [0.29, 0.717) is 12.1 Å². The molecule has 0 radical (unpaired) electrons. The van der Waals surface area contributed by atoms with E-state index in [4.69, 9.17) is 5.73 Å². The Morgan fingerprint density at radius 3 is 2.50 bits per heavy atom. The Labute approximate surface area is 125 Å². The molecule has 0 fully saturated rings. The fourth-order valence-corrected chi connectivity index (χ4v) is 1.56. The topological polar surface area (TPSA) is 84.2 Å². The first-order valence-electron chi connectivity index (χ1n) is 6.30. The second kappa shape index (κ2) is 8.55. The minimum atomic E-state index is -0.234. The minimum Gasteiger partial charge on any atom is -0.355 e. The Morgan fingerprint density at radius 2 is 1.95 bits per heavy atom. The van der Waals surface area contributed by atoms with Crippen LogP contribution >= 0.6 is 12.4 Å². The summed E-state index contributed by atoms with van der Waals surface area (Å²) in [7, 11) is 1.58. The highest BCUT2D eigenvalue weighted by Gasteiger charge is 2.16. The van der Waals surface area contributed by atoms with Gasteiger partial charge in [-0.15, -0.1) is 12.4 Å². The molecule has 0 aliphatic carbocycles. The summed E-state index contributed by atoms with van der Waals surface area (Å²) >= 11 is 0. The zero-order chi connectivity index (χ0) is 14.4. The van der Waals surface area contributed by atoms with Crippen LogP contribution in [-0.4, -0.2) is 24.9 Å². The van der Waals surface area contributed by atoms with Gasteiger partial charge in [-0.1, -0.05) is 19.1 Å². The van der Waals surface area contributed by atoms with Gasteiger partial charge in [-0.2, -0.15) is 0 Å². The van der Waals surface area contributed by atoms with Crippen molar-refractivity contribution < 1.29 is 9.59 Å². The van der Waals surface area contributed by atoms with Gasteiger partial charge in [0, 0.05) is 31.1 Å². The van der Waals surface area contributed by atoms with E-state index in [1.807, 2.05) is 6.07 Å². The fourth-order valence-electron chi connectivity index (χ4n) is 1.56. The summed E-state index contributed by atoms with van der Waals surface area (Å²) < 4.78 is 0. The number of nitrogens with one attached hydrogen (secondary N) is 2. The number of hydrogen-bond acceptors (Lipinski definition) is 3. The van der Waals surface area contributed by atoms with E-state index in [2.05, 4.69) is 10.6 Å². The van der Waals surface area contributed by atoms with Crippen LogP contribution in [0.3, 0.4) is 0 Å². The van der Waals surface area contributed by atoms with Gasteiger partial charge >= 0.3 is 0 Å². The highest BCUT2D eigenvalue weighted by atomic mass is 35.5. The summed E-state index contributed by atoms with van der Waals surface area (Å²) in [6, 6.07) is 6.96. The van der Waals surface area contributed by atoms with E-state index in [-0.39, 0.29) is 36.2 Å². The van der Waals surface area contributed by atoms with Crippen molar-refractivity contribution in [3.05, 3.63) is 35.4 Å². The van der Waals surface area contributed by atoms with Crippen LogP contribution < -0.4 is 16.4 Å². The normalized spacial score (nSPS) is 12.8.